The monoisotopic (exact) mass is 601 g/mol. The number of hydrogen-bond acceptors (Lipinski definition) is 8. The van der Waals surface area contributed by atoms with Crippen molar-refractivity contribution in [2.75, 3.05) is 24.5 Å². The molecule has 2 aromatic heterocycles. The molecule has 0 amide bonds. The molecule has 0 aliphatic carbocycles. The van der Waals surface area contributed by atoms with Gasteiger partial charge in [0.25, 0.3) is 0 Å². The predicted octanol–water partition coefficient (Wildman–Crippen LogP) is 6.03. The van der Waals surface area contributed by atoms with Gasteiger partial charge in [0, 0.05) is 36.1 Å². The zero-order valence-corrected chi connectivity index (χ0v) is 24.5. The molecule has 0 bridgehead atoms. The van der Waals surface area contributed by atoms with Crippen LogP contribution in [-0.2, 0) is 23.9 Å². The number of carbonyl (C=O) groups is 2. The lowest BCUT2D eigenvalue weighted by atomic mass is 9.97. The number of halogens is 3. The van der Waals surface area contributed by atoms with Crippen LogP contribution in [0.15, 0.2) is 30.6 Å². The number of piperidine rings is 1. The second kappa shape index (κ2) is 12.5. The molecule has 2 fully saturated rings. The van der Waals surface area contributed by atoms with Gasteiger partial charge in [0.1, 0.15) is 16.5 Å². The normalized spacial score (nSPS) is 18.5. The molecule has 1 atom stereocenters. The highest BCUT2D eigenvalue weighted by molar-refractivity contribution is 7.12. The summed E-state index contributed by atoms with van der Waals surface area (Å²) in [6, 6.07) is 4.71. The van der Waals surface area contributed by atoms with Crippen molar-refractivity contribution in [3.05, 3.63) is 57.3 Å². The molecule has 12 heteroatoms. The van der Waals surface area contributed by atoms with Crippen LogP contribution >= 0.6 is 11.3 Å². The molecule has 2 aliphatic heterocycles. The van der Waals surface area contributed by atoms with Crippen molar-refractivity contribution in [2.45, 2.75) is 71.1 Å². The van der Waals surface area contributed by atoms with E-state index in [4.69, 9.17) is 4.98 Å². The van der Waals surface area contributed by atoms with E-state index in [2.05, 4.69) is 21.8 Å². The fraction of sp³-hybridized carbons (Fsp3) is 0.500. The second-order valence-corrected chi connectivity index (χ2v) is 12.2. The summed E-state index contributed by atoms with van der Waals surface area (Å²) in [5, 5.41) is 9.73. The van der Waals surface area contributed by atoms with Crippen LogP contribution in [0.4, 0.5) is 19.0 Å². The number of hydrogen-bond donors (Lipinski definition) is 1. The Morgan fingerprint density at radius 1 is 1.10 bits per heavy atom. The number of ketones is 1. The lowest BCUT2D eigenvalue weighted by molar-refractivity contribution is -0.142. The van der Waals surface area contributed by atoms with Crippen molar-refractivity contribution in [1.82, 2.24) is 19.9 Å². The van der Waals surface area contributed by atoms with E-state index in [-0.39, 0.29) is 29.4 Å². The molecule has 8 nitrogen and oxygen atoms in total. The van der Waals surface area contributed by atoms with E-state index in [1.165, 1.54) is 36.7 Å². The van der Waals surface area contributed by atoms with Crippen LogP contribution in [0.3, 0.4) is 0 Å². The molecule has 3 aromatic rings. The average Bonchev–Trinajstić information content (AvgIpc) is 3.59. The maximum atomic E-state index is 13.7. The van der Waals surface area contributed by atoms with E-state index in [1.54, 1.807) is 6.07 Å². The molecule has 2 aliphatic rings. The molecular weight excluding hydrogens is 567 g/mol. The summed E-state index contributed by atoms with van der Waals surface area (Å²) in [4.78, 5) is 43.0. The standard InChI is InChI=1S/C30H34F3N5O3S/c1-3-21-5-4-10-38(21)17-25-28(20-7-6-18(2)22(13-20)30(31,32)33)36-27(42-25)14-24(39)23-15-35-26(16-34-23)37-11-8-19(9-12-37)29(40)41/h6-7,13,15-16,19,21H,3-5,8-12,14,17H2,1-2H3,(H,40,41)/t21-/m1/s1. The molecule has 0 unspecified atom stereocenters. The molecule has 42 heavy (non-hydrogen) atoms. The zero-order valence-electron chi connectivity index (χ0n) is 23.7. The van der Waals surface area contributed by atoms with Gasteiger partial charge in [-0.25, -0.2) is 15.0 Å². The molecule has 0 saturated carbocycles. The first-order valence-electron chi connectivity index (χ1n) is 14.3. The Labute approximate surface area is 246 Å². The van der Waals surface area contributed by atoms with Gasteiger partial charge in [-0.2, -0.15) is 13.2 Å². The molecule has 0 radical (unpaired) electrons. The molecular formula is C30H34F3N5O3S. The van der Waals surface area contributed by atoms with Crippen molar-refractivity contribution < 1.29 is 27.9 Å². The van der Waals surface area contributed by atoms with Gasteiger partial charge in [0.2, 0.25) is 0 Å². The average molecular weight is 602 g/mol. The number of anilines is 1. The van der Waals surface area contributed by atoms with Gasteiger partial charge >= 0.3 is 12.1 Å². The summed E-state index contributed by atoms with van der Waals surface area (Å²) in [6.07, 6.45) is 2.63. The minimum atomic E-state index is -4.48. The maximum absolute atomic E-state index is 13.7. The van der Waals surface area contributed by atoms with E-state index in [0.717, 1.165) is 36.8 Å². The van der Waals surface area contributed by atoms with Gasteiger partial charge in [-0.15, -0.1) is 11.3 Å². The lowest BCUT2D eigenvalue weighted by Gasteiger charge is -2.30. The SMILES string of the molecule is CC[C@@H]1CCCN1Cc1sc(CC(=O)c2cnc(N3CCC(C(=O)O)CC3)cn2)nc1-c1ccc(C)c(C(F)(F)F)c1. The number of aromatic nitrogens is 3. The van der Waals surface area contributed by atoms with Gasteiger partial charge in [-0.05, 0) is 57.2 Å². The quantitative estimate of drug-likeness (QED) is 0.297. The van der Waals surface area contributed by atoms with Crippen LogP contribution in [0.25, 0.3) is 11.3 Å². The summed E-state index contributed by atoms with van der Waals surface area (Å²) in [6.45, 7) is 6.17. The third kappa shape index (κ3) is 6.64. The van der Waals surface area contributed by atoms with Crippen molar-refractivity contribution >= 4 is 28.9 Å². The summed E-state index contributed by atoms with van der Waals surface area (Å²) in [7, 11) is 0. The highest BCUT2D eigenvalue weighted by Gasteiger charge is 2.33. The highest BCUT2D eigenvalue weighted by atomic mass is 32.1. The highest BCUT2D eigenvalue weighted by Crippen LogP contribution is 2.38. The Kier molecular flexibility index (Phi) is 8.93. The minimum Gasteiger partial charge on any atom is -0.481 e. The summed E-state index contributed by atoms with van der Waals surface area (Å²) >= 11 is 1.36. The van der Waals surface area contributed by atoms with Crippen LogP contribution in [0.1, 0.15) is 70.5 Å². The fourth-order valence-electron chi connectivity index (χ4n) is 5.85. The predicted molar refractivity (Wildman–Crippen MR) is 154 cm³/mol. The number of rotatable bonds is 9. The number of carboxylic acid groups (broad SMARTS) is 1. The summed E-state index contributed by atoms with van der Waals surface area (Å²) in [5.74, 6) is -0.839. The number of benzene rings is 1. The number of aryl methyl sites for hydroxylation is 1. The largest absolute Gasteiger partial charge is 0.481 e. The van der Waals surface area contributed by atoms with Gasteiger partial charge in [0.15, 0.2) is 5.78 Å². The molecule has 224 valence electrons. The zero-order chi connectivity index (χ0) is 30.0. The first-order valence-corrected chi connectivity index (χ1v) is 15.1. The molecule has 5 rings (SSSR count). The number of nitrogens with zero attached hydrogens (tertiary/aromatic N) is 5. The molecule has 4 heterocycles. The van der Waals surface area contributed by atoms with Crippen molar-refractivity contribution in [3.8, 4) is 11.3 Å². The van der Waals surface area contributed by atoms with Crippen LogP contribution in [0, 0.1) is 12.8 Å². The third-order valence-corrected chi connectivity index (χ3v) is 9.32. The number of alkyl halides is 3. The summed E-state index contributed by atoms with van der Waals surface area (Å²) < 4.78 is 41.2. The van der Waals surface area contributed by atoms with Crippen LogP contribution in [0.2, 0.25) is 0 Å². The van der Waals surface area contributed by atoms with Crippen LogP contribution < -0.4 is 4.90 Å². The Balaban J connectivity index is 1.36. The van der Waals surface area contributed by atoms with Crippen molar-refractivity contribution in [2.24, 2.45) is 5.92 Å². The van der Waals surface area contributed by atoms with Gasteiger partial charge in [-0.3, -0.25) is 14.5 Å². The van der Waals surface area contributed by atoms with Crippen molar-refractivity contribution in [3.63, 3.8) is 0 Å². The maximum Gasteiger partial charge on any atom is 0.416 e. The number of carbonyl (C=O) groups excluding carboxylic acids is 1. The number of Topliss-reactive ketones (excluding diaryl/α,β-unsaturated/α-hetero) is 1. The van der Waals surface area contributed by atoms with Crippen molar-refractivity contribution in [1.29, 1.82) is 0 Å². The fourth-order valence-corrected chi connectivity index (χ4v) is 6.96. The van der Waals surface area contributed by atoms with Gasteiger partial charge in [-0.1, -0.05) is 19.1 Å². The molecule has 0 spiro atoms. The van der Waals surface area contributed by atoms with E-state index < -0.39 is 17.7 Å². The molecule has 1 aromatic carbocycles. The first kappa shape index (κ1) is 30.1. The van der Waals surface area contributed by atoms with Crippen LogP contribution in [0.5, 0.6) is 0 Å². The number of thiazole rings is 1. The number of carboxylic acids is 1. The second-order valence-electron chi connectivity index (χ2n) is 11.0. The molecule has 1 N–H and O–H groups in total. The topological polar surface area (TPSA) is 99.5 Å². The lowest BCUT2D eigenvalue weighted by Crippen LogP contribution is -2.36. The number of likely N-dealkylation sites (tertiary alicyclic amines) is 1. The Hall–Kier alpha value is -3.38. The smallest absolute Gasteiger partial charge is 0.416 e. The molecule has 2 saturated heterocycles. The Morgan fingerprint density at radius 2 is 1.86 bits per heavy atom. The Morgan fingerprint density at radius 3 is 2.50 bits per heavy atom. The number of aliphatic carboxylic acids is 1. The Bertz CT molecular complexity index is 1430. The van der Waals surface area contributed by atoms with Crippen LogP contribution in [-0.4, -0.2) is 62.4 Å². The van der Waals surface area contributed by atoms with Gasteiger partial charge in [0.05, 0.1) is 36.0 Å². The third-order valence-electron chi connectivity index (χ3n) is 8.28. The van der Waals surface area contributed by atoms with E-state index in [9.17, 15) is 27.9 Å². The van der Waals surface area contributed by atoms with E-state index in [1.807, 2.05) is 4.90 Å². The minimum absolute atomic E-state index is 0.0368. The van der Waals surface area contributed by atoms with E-state index >= 15 is 0 Å². The summed E-state index contributed by atoms with van der Waals surface area (Å²) in [5.41, 5.74) is 0.518. The van der Waals surface area contributed by atoms with E-state index in [0.29, 0.717) is 60.6 Å². The van der Waals surface area contributed by atoms with Gasteiger partial charge < -0.3 is 10.0 Å². The first-order chi connectivity index (χ1) is 20.0.